The molecule has 0 spiro atoms. The van der Waals surface area contributed by atoms with Gasteiger partial charge in [-0.3, -0.25) is 9.59 Å². The van der Waals surface area contributed by atoms with E-state index in [1.165, 1.54) is 44.9 Å². The normalized spacial score (nSPS) is 14.0. The Bertz CT molecular complexity index is 857. The number of ether oxygens (including phenoxy) is 1. The van der Waals surface area contributed by atoms with Gasteiger partial charge in [0.05, 0.1) is 6.61 Å². The zero-order chi connectivity index (χ0) is 22.6. The third kappa shape index (κ3) is 7.70. The average Bonchev–Trinajstić information content (AvgIpc) is 2.82. The molecule has 2 aromatic rings. The summed E-state index contributed by atoms with van der Waals surface area (Å²) in [6.45, 7) is 2.91. The standard InChI is InChI=1S/C27H36N2O3/c1-2-3-4-5-9-19-32-25-17-15-21(16-18-25)26(30)29-24-14-10-11-22(20-24)27(31)28-23-12-7-6-8-13-23/h10-11,14-18,20,23H,2-9,12-13,19H2,1H3,(H,28,31)(H,29,30). The highest BCUT2D eigenvalue weighted by Crippen LogP contribution is 2.19. The molecule has 3 rings (SSSR count). The number of hydrogen-bond donors (Lipinski definition) is 2. The Hall–Kier alpha value is -2.82. The maximum absolute atomic E-state index is 12.6. The predicted molar refractivity (Wildman–Crippen MR) is 129 cm³/mol. The van der Waals surface area contributed by atoms with Gasteiger partial charge in [0.15, 0.2) is 0 Å². The van der Waals surface area contributed by atoms with E-state index in [4.69, 9.17) is 4.74 Å². The van der Waals surface area contributed by atoms with Crippen molar-refractivity contribution in [2.75, 3.05) is 11.9 Å². The summed E-state index contributed by atoms with van der Waals surface area (Å²) in [5.41, 5.74) is 1.73. The van der Waals surface area contributed by atoms with Crippen LogP contribution in [0.2, 0.25) is 0 Å². The molecular weight excluding hydrogens is 400 g/mol. The van der Waals surface area contributed by atoms with Crippen LogP contribution in [0, 0.1) is 0 Å². The summed E-state index contributed by atoms with van der Waals surface area (Å²) in [5, 5.41) is 6.01. The van der Waals surface area contributed by atoms with E-state index in [-0.39, 0.29) is 17.9 Å². The summed E-state index contributed by atoms with van der Waals surface area (Å²) in [5.74, 6) is 0.489. The molecule has 1 aliphatic carbocycles. The smallest absolute Gasteiger partial charge is 0.255 e. The molecule has 32 heavy (non-hydrogen) atoms. The Balaban J connectivity index is 1.48. The Morgan fingerprint density at radius 3 is 2.38 bits per heavy atom. The van der Waals surface area contributed by atoms with Crippen LogP contribution in [-0.2, 0) is 0 Å². The van der Waals surface area contributed by atoms with E-state index in [0.29, 0.717) is 23.4 Å². The van der Waals surface area contributed by atoms with Crippen molar-refractivity contribution in [1.29, 1.82) is 0 Å². The van der Waals surface area contributed by atoms with Crippen molar-refractivity contribution in [3.63, 3.8) is 0 Å². The average molecular weight is 437 g/mol. The van der Waals surface area contributed by atoms with E-state index in [2.05, 4.69) is 17.6 Å². The number of anilines is 1. The summed E-state index contributed by atoms with van der Waals surface area (Å²) < 4.78 is 5.77. The topological polar surface area (TPSA) is 67.4 Å². The van der Waals surface area contributed by atoms with Crippen molar-refractivity contribution in [3.05, 3.63) is 59.7 Å². The highest BCUT2D eigenvalue weighted by molar-refractivity contribution is 6.05. The lowest BCUT2D eigenvalue weighted by Crippen LogP contribution is -2.36. The van der Waals surface area contributed by atoms with E-state index in [9.17, 15) is 9.59 Å². The third-order valence-corrected chi connectivity index (χ3v) is 5.96. The second kappa shape index (κ2) is 12.9. The number of nitrogens with one attached hydrogen (secondary N) is 2. The fourth-order valence-electron chi connectivity index (χ4n) is 4.06. The van der Waals surface area contributed by atoms with Gasteiger partial charge < -0.3 is 15.4 Å². The highest BCUT2D eigenvalue weighted by Gasteiger charge is 2.17. The van der Waals surface area contributed by atoms with Crippen LogP contribution >= 0.6 is 0 Å². The van der Waals surface area contributed by atoms with Crippen LogP contribution in [0.25, 0.3) is 0 Å². The minimum absolute atomic E-state index is 0.0794. The molecule has 0 saturated heterocycles. The first-order chi connectivity index (χ1) is 15.7. The van der Waals surface area contributed by atoms with Gasteiger partial charge in [0.1, 0.15) is 5.75 Å². The third-order valence-electron chi connectivity index (χ3n) is 5.96. The van der Waals surface area contributed by atoms with Gasteiger partial charge in [-0.05, 0) is 61.7 Å². The van der Waals surface area contributed by atoms with Gasteiger partial charge in [-0.1, -0.05) is 57.9 Å². The molecule has 5 nitrogen and oxygen atoms in total. The second-order valence-electron chi connectivity index (χ2n) is 8.63. The lowest BCUT2D eigenvalue weighted by Gasteiger charge is -2.22. The molecule has 5 heteroatoms. The quantitative estimate of drug-likeness (QED) is 0.403. The van der Waals surface area contributed by atoms with Gasteiger partial charge >= 0.3 is 0 Å². The lowest BCUT2D eigenvalue weighted by atomic mass is 9.95. The van der Waals surface area contributed by atoms with Gasteiger partial charge in [0.2, 0.25) is 0 Å². The van der Waals surface area contributed by atoms with Crippen molar-refractivity contribution in [1.82, 2.24) is 5.32 Å². The van der Waals surface area contributed by atoms with Gasteiger partial charge in [-0.15, -0.1) is 0 Å². The van der Waals surface area contributed by atoms with Crippen LogP contribution < -0.4 is 15.4 Å². The lowest BCUT2D eigenvalue weighted by molar-refractivity contribution is 0.0926. The summed E-state index contributed by atoms with van der Waals surface area (Å²) in [6, 6.07) is 14.5. The predicted octanol–water partition coefficient (Wildman–Crippen LogP) is 6.35. The molecule has 0 aromatic heterocycles. The summed E-state index contributed by atoms with van der Waals surface area (Å²) >= 11 is 0. The number of hydrogen-bond acceptors (Lipinski definition) is 3. The van der Waals surface area contributed by atoms with Gasteiger partial charge in [0, 0.05) is 22.9 Å². The number of rotatable bonds is 11. The second-order valence-corrected chi connectivity index (χ2v) is 8.63. The summed E-state index contributed by atoms with van der Waals surface area (Å²) in [4.78, 5) is 25.2. The molecule has 0 aliphatic heterocycles. The van der Waals surface area contributed by atoms with Crippen molar-refractivity contribution < 1.29 is 14.3 Å². The molecule has 0 heterocycles. The monoisotopic (exact) mass is 436 g/mol. The van der Waals surface area contributed by atoms with Crippen molar-refractivity contribution >= 4 is 17.5 Å². The molecule has 0 atom stereocenters. The maximum Gasteiger partial charge on any atom is 0.255 e. The maximum atomic E-state index is 12.6. The minimum Gasteiger partial charge on any atom is -0.494 e. The molecule has 2 amide bonds. The highest BCUT2D eigenvalue weighted by atomic mass is 16.5. The Morgan fingerprint density at radius 2 is 1.62 bits per heavy atom. The molecule has 0 radical (unpaired) electrons. The zero-order valence-corrected chi connectivity index (χ0v) is 19.2. The van der Waals surface area contributed by atoms with Crippen LogP contribution in [0.4, 0.5) is 5.69 Å². The van der Waals surface area contributed by atoms with Crippen LogP contribution in [0.3, 0.4) is 0 Å². The van der Waals surface area contributed by atoms with Gasteiger partial charge in [-0.25, -0.2) is 0 Å². The molecule has 0 unspecified atom stereocenters. The van der Waals surface area contributed by atoms with Gasteiger partial charge in [-0.2, -0.15) is 0 Å². The number of unbranched alkanes of at least 4 members (excludes halogenated alkanes) is 4. The first-order valence-electron chi connectivity index (χ1n) is 12.1. The van der Waals surface area contributed by atoms with E-state index >= 15 is 0 Å². The first-order valence-corrected chi connectivity index (χ1v) is 12.1. The number of carbonyl (C=O) groups excluding carboxylic acids is 2. The fraction of sp³-hybridized carbons (Fsp3) is 0.481. The Kier molecular flexibility index (Phi) is 9.60. The molecule has 172 valence electrons. The first kappa shape index (κ1) is 23.8. The van der Waals surface area contributed by atoms with E-state index in [1.807, 2.05) is 12.1 Å². The number of benzene rings is 2. The Labute approximate surface area is 191 Å². The zero-order valence-electron chi connectivity index (χ0n) is 19.2. The molecule has 0 bridgehead atoms. The Morgan fingerprint density at radius 1 is 0.875 bits per heavy atom. The molecule has 1 fully saturated rings. The van der Waals surface area contributed by atoms with Crippen LogP contribution in [0.15, 0.2) is 48.5 Å². The molecular formula is C27H36N2O3. The van der Waals surface area contributed by atoms with E-state index in [0.717, 1.165) is 25.0 Å². The van der Waals surface area contributed by atoms with Crippen LogP contribution in [-0.4, -0.2) is 24.5 Å². The number of amides is 2. The largest absolute Gasteiger partial charge is 0.494 e. The molecule has 1 saturated carbocycles. The van der Waals surface area contributed by atoms with E-state index < -0.39 is 0 Å². The number of carbonyl (C=O) groups is 2. The van der Waals surface area contributed by atoms with Crippen molar-refractivity contribution in [2.45, 2.75) is 77.2 Å². The van der Waals surface area contributed by atoms with Crippen molar-refractivity contribution in [2.24, 2.45) is 0 Å². The fourth-order valence-corrected chi connectivity index (χ4v) is 4.06. The van der Waals surface area contributed by atoms with Crippen LogP contribution in [0.5, 0.6) is 5.75 Å². The molecule has 1 aliphatic rings. The van der Waals surface area contributed by atoms with Gasteiger partial charge in [0.25, 0.3) is 11.8 Å². The summed E-state index contributed by atoms with van der Waals surface area (Å²) in [6.07, 6.45) is 11.7. The van der Waals surface area contributed by atoms with E-state index in [1.54, 1.807) is 36.4 Å². The SMILES string of the molecule is CCCCCCCOc1ccc(C(=O)Nc2cccc(C(=O)NC3CCCCC3)c2)cc1. The van der Waals surface area contributed by atoms with Crippen LogP contribution in [0.1, 0.15) is 91.8 Å². The molecule has 2 aromatic carbocycles. The molecule has 2 N–H and O–H groups in total. The minimum atomic E-state index is -0.207. The van der Waals surface area contributed by atoms with Crippen molar-refractivity contribution in [3.8, 4) is 5.75 Å². The summed E-state index contributed by atoms with van der Waals surface area (Å²) in [7, 11) is 0.